The van der Waals surface area contributed by atoms with E-state index in [2.05, 4.69) is 50.2 Å². The number of rotatable bonds is 7. The number of carbonyl (C=O) groups excluding carboxylic acids is 1. The third-order valence-corrected chi connectivity index (χ3v) is 3.33. The van der Waals surface area contributed by atoms with E-state index in [0.29, 0.717) is 12.2 Å². The van der Waals surface area contributed by atoms with Gasteiger partial charge in [0, 0.05) is 18.5 Å². The first-order valence-electron chi connectivity index (χ1n) is 8.54. The van der Waals surface area contributed by atoms with E-state index < -0.39 is 0 Å². The van der Waals surface area contributed by atoms with Crippen LogP contribution in [-0.2, 0) is 4.74 Å². The van der Waals surface area contributed by atoms with Gasteiger partial charge in [0.05, 0.1) is 12.2 Å². The topological polar surface area (TPSA) is 29.5 Å². The minimum absolute atomic E-state index is 0.0280. The van der Waals surface area contributed by atoms with Gasteiger partial charge in [-0.1, -0.05) is 36.6 Å². The van der Waals surface area contributed by atoms with E-state index in [4.69, 9.17) is 4.74 Å². The van der Waals surface area contributed by atoms with Crippen molar-refractivity contribution in [3.8, 4) is 11.8 Å². The first kappa shape index (κ1) is 20.7. The number of hydrogen-bond donors (Lipinski definition) is 0. The zero-order chi connectivity index (χ0) is 18.9. The molecule has 0 aliphatic heterocycles. The van der Waals surface area contributed by atoms with Crippen molar-refractivity contribution in [3.05, 3.63) is 54.1 Å². The van der Waals surface area contributed by atoms with Crippen LogP contribution in [0.5, 0.6) is 0 Å². The Balaban J connectivity index is 2.53. The Morgan fingerprint density at radius 1 is 1.24 bits per heavy atom. The van der Waals surface area contributed by atoms with Crippen LogP contribution in [0.15, 0.2) is 43.0 Å². The van der Waals surface area contributed by atoms with Crippen molar-refractivity contribution < 1.29 is 9.53 Å². The van der Waals surface area contributed by atoms with Crippen LogP contribution in [0, 0.1) is 17.3 Å². The second kappa shape index (κ2) is 9.86. The normalized spacial score (nSPS) is 11.3. The molecule has 0 atom stereocenters. The predicted octanol–water partition coefficient (Wildman–Crippen LogP) is 4.41. The lowest BCUT2D eigenvalue weighted by atomic mass is 9.98. The lowest BCUT2D eigenvalue weighted by molar-refractivity contribution is 0.0526. The average Bonchev–Trinajstić information content (AvgIpc) is 2.53. The van der Waals surface area contributed by atoms with E-state index in [-0.39, 0.29) is 11.4 Å². The molecule has 0 radical (unpaired) electrons. The number of nitrogens with zero attached hydrogens (tertiary/aromatic N) is 1. The number of esters is 1. The van der Waals surface area contributed by atoms with Crippen LogP contribution in [0.4, 0.5) is 0 Å². The highest BCUT2D eigenvalue weighted by molar-refractivity contribution is 5.89. The highest BCUT2D eigenvalue weighted by Crippen LogP contribution is 2.15. The molecule has 1 aromatic rings. The van der Waals surface area contributed by atoms with Gasteiger partial charge >= 0.3 is 5.97 Å². The Morgan fingerprint density at radius 2 is 1.84 bits per heavy atom. The van der Waals surface area contributed by atoms with Crippen molar-refractivity contribution in [1.29, 1.82) is 0 Å². The SMILES string of the molecule is C=C(CN(C)C/C=C/C#CC(C)(C)C)c1ccc(C(=O)OCC)cc1. The summed E-state index contributed by atoms with van der Waals surface area (Å²) in [5, 5.41) is 0. The zero-order valence-electron chi connectivity index (χ0n) is 16.1. The summed E-state index contributed by atoms with van der Waals surface area (Å²) in [5.74, 6) is 5.95. The molecule has 3 heteroatoms. The van der Waals surface area contributed by atoms with Gasteiger partial charge < -0.3 is 4.74 Å². The molecule has 0 fully saturated rings. The Labute approximate surface area is 152 Å². The standard InChI is InChI=1S/C22H29NO2/c1-7-25-21(24)20-13-11-19(12-14-20)18(2)17-23(6)16-10-8-9-15-22(3,4)5/h8,10-14H,2,7,16-17H2,1,3-6H3/b10-8+. The Kier molecular flexibility index (Phi) is 8.18. The van der Waals surface area contributed by atoms with Crippen molar-refractivity contribution in [2.24, 2.45) is 5.41 Å². The molecule has 134 valence electrons. The molecule has 1 aromatic carbocycles. The molecule has 0 heterocycles. The Hall–Kier alpha value is -2.31. The highest BCUT2D eigenvalue weighted by Gasteiger charge is 2.07. The molecule has 0 amide bonds. The lowest BCUT2D eigenvalue weighted by Gasteiger charge is -2.16. The number of ether oxygens (including phenoxy) is 1. The second-order valence-electron chi connectivity index (χ2n) is 7.02. The zero-order valence-corrected chi connectivity index (χ0v) is 16.1. The molecular weight excluding hydrogens is 310 g/mol. The molecule has 0 aliphatic carbocycles. The van der Waals surface area contributed by atoms with Crippen LogP contribution in [0.1, 0.15) is 43.6 Å². The van der Waals surface area contributed by atoms with E-state index >= 15 is 0 Å². The maximum atomic E-state index is 11.7. The predicted molar refractivity (Wildman–Crippen MR) is 105 cm³/mol. The number of benzene rings is 1. The summed E-state index contributed by atoms with van der Waals surface area (Å²) in [4.78, 5) is 13.8. The number of likely N-dealkylation sites (N-methyl/N-ethyl adjacent to an activating group) is 1. The van der Waals surface area contributed by atoms with Crippen molar-refractivity contribution in [2.45, 2.75) is 27.7 Å². The van der Waals surface area contributed by atoms with Crippen molar-refractivity contribution in [2.75, 3.05) is 26.7 Å². The lowest BCUT2D eigenvalue weighted by Crippen LogP contribution is -2.20. The molecule has 0 N–H and O–H groups in total. The first-order chi connectivity index (χ1) is 11.7. The third kappa shape index (κ3) is 8.37. The number of allylic oxidation sites excluding steroid dienone is 1. The first-order valence-corrected chi connectivity index (χ1v) is 8.54. The molecule has 1 rings (SSSR count). The van der Waals surface area contributed by atoms with Crippen LogP contribution in [0.3, 0.4) is 0 Å². The van der Waals surface area contributed by atoms with Gasteiger partial charge in [0.15, 0.2) is 0 Å². The van der Waals surface area contributed by atoms with E-state index in [0.717, 1.165) is 24.2 Å². The molecule has 0 aliphatic rings. The smallest absolute Gasteiger partial charge is 0.338 e. The third-order valence-electron chi connectivity index (χ3n) is 3.33. The summed E-state index contributed by atoms with van der Waals surface area (Å²) in [6.07, 6.45) is 3.95. The fourth-order valence-corrected chi connectivity index (χ4v) is 2.09. The molecule has 0 saturated heterocycles. The quantitative estimate of drug-likeness (QED) is 0.544. The van der Waals surface area contributed by atoms with E-state index in [1.165, 1.54) is 0 Å². The maximum Gasteiger partial charge on any atom is 0.338 e. The summed E-state index contributed by atoms with van der Waals surface area (Å²) in [7, 11) is 2.04. The molecule has 3 nitrogen and oxygen atoms in total. The summed E-state index contributed by atoms with van der Waals surface area (Å²) in [5.41, 5.74) is 2.62. The molecular formula is C22H29NO2. The Morgan fingerprint density at radius 3 is 2.40 bits per heavy atom. The molecule has 0 bridgehead atoms. The van der Waals surface area contributed by atoms with Gasteiger partial charge in [-0.15, -0.1) is 0 Å². The van der Waals surface area contributed by atoms with Crippen LogP contribution >= 0.6 is 0 Å². The minimum atomic E-state index is -0.293. The van der Waals surface area contributed by atoms with Crippen LogP contribution in [-0.4, -0.2) is 37.6 Å². The minimum Gasteiger partial charge on any atom is -0.462 e. The van der Waals surface area contributed by atoms with Crippen LogP contribution in [0.25, 0.3) is 5.57 Å². The summed E-state index contributed by atoms with van der Waals surface area (Å²) < 4.78 is 4.99. The molecule has 0 saturated carbocycles. The Bertz CT molecular complexity index is 667. The van der Waals surface area contributed by atoms with Crippen LogP contribution in [0.2, 0.25) is 0 Å². The number of carbonyl (C=O) groups is 1. The van der Waals surface area contributed by atoms with Gasteiger partial charge in [0.25, 0.3) is 0 Å². The monoisotopic (exact) mass is 339 g/mol. The highest BCUT2D eigenvalue weighted by atomic mass is 16.5. The summed E-state index contributed by atoms with van der Waals surface area (Å²) in [6.45, 7) is 14.2. The van der Waals surface area contributed by atoms with Gasteiger partial charge in [-0.05, 0) is 64.1 Å². The summed E-state index contributed by atoms with van der Waals surface area (Å²) in [6, 6.07) is 7.38. The molecule has 0 spiro atoms. The molecule has 0 unspecified atom stereocenters. The maximum absolute atomic E-state index is 11.7. The van der Waals surface area contributed by atoms with Gasteiger partial charge in [-0.25, -0.2) is 4.79 Å². The van der Waals surface area contributed by atoms with Gasteiger partial charge in [-0.2, -0.15) is 0 Å². The summed E-state index contributed by atoms with van der Waals surface area (Å²) >= 11 is 0. The molecule has 0 aromatic heterocycles. The van der Waals surface area contributed by atoms with E-state index in [9.17, 15) is 4.79 Å². The largest absolute Gasteiger partial charge is 0.462 e. The molecule has 25 heavy (non-hydrogen) atoms. The number of hydrogen-bond acceptors (Lipinski definition) is 3. The van der Waals surface area contributed by atoms with Crippen molar-refractivity contribution in [3.63, 3.8) is 0 Å². The van der Waals surface area contributed by atoms with Crippen LogP contribution < -0.4 is 0 Å². The van der Waals surface area contributed by atoms with Crippen molar-refractivity contribution >= 4 is 11.5 Å². The second-order valence-corrected chi connectivity index (χ2v) is 7.02. The van der Waals surface area contributed by atoms with Gasteiger partial charge in [-0.3, -0.25) is 4.90 Å². The van der Waals surface area contributed by atoms with Gasteiger partial charge in [0.1, 0.15) is 0 Å². The fourth-order valence-electron chi connectivity index (χ4n) is 2.09. The average molecular weight is 339 g/mol. The van der Waals surface area contributed by atoms with E-state index in [1.54, 1.807) is 19.1 Å². The van der Waals surface area contributed by atoms with Gasteiger partial charge in [0.2, 0.25) is 0 Å². The fraction of sp³-hybridized carbons (Fsp3) is 0.409. The van der Waals surface area contributed by atoms with Crippen molar-refractivity contribution in [1.82, 2.24) is 4.90 Å². The van der Waals surface area contributed by atoms with E-state index in [1.807, 2.05) is 25.3 Å².